The molecular weight excluding hydrogens is 451 g/mol. The Morgan fingerprint density at radius 3 is 2.42 bits per heavy atom. The average Bonchev–Trinajstić information content (AvgIpc) is 3.17. The molecule has 0 saturated carbocycles. The second kappa shape index (κ2) is 8.21. The molecular formula is C26H26BClN2O2S. The fraction of sp³-hybridized carbons (Fsp3) is 0.269. The molecule has 2 aromatic heterocycles. The van der Waals surface area contributed by atoms with Gasteiger partial charge in [0.05, 0.1) is 28.6 Å². The molecule has 5 rings (SSSR count). The van der Waals surface area contributed by atoms with Crippen molar-refractivity contribution in [2.75, 3.05) is 0 Å². The number of benzene rings is 2. The number of fused-ring (bicyclic) bond motifs is 1. The van der Waals surface area contributed by atoms with Crippen molar-refractivity contribution in [1.29, 1.82) is 0 Å². The van der Waals surface area contributed by atoms with E-state index in [4.69, 9.17) is 20.9 Å². The maximum atomic E-state index is 6.38. The Labute approximate surface area is 204 Å². The van der Waals surface area contributed by atoms with Crippen LogP contribution in [0.5, 0.6) is 0 Å². The predicted octanol–water partition coefficient (Wildman–Crippen LogP) is 6.44. The Bertz CT molecular complexity index is 1320. The largest absolute Gasteiger partial charge is 0.494 e. The van der Waals surface area contributed by atoms with Crippen LogP contribution in [0.15, 0.2) is 76.8 Å². The van der Waals surface area contributed by atoms with Crippen LogP contribution in [-0.4, -0.2) is 27.9 Å². The number of hydrogen-bond donors (Lipinski definition) is 0. The lowest BCUT2D eigenvalue weighted by Crippen LogP contribution is -2.41. The molecule has 1 aliphatic rings. The van der Waals surface area contributed by atoms with Crippen molar-refractivity contribution in [3.63, 3.8) is 0 Å². The van der Waals surface area contributed by atoms with E-state index < -0.39 is 0 Å². The maximum absolute atomic E-state index is 6.38. The van der Waals surface area contributed by atoms with E-state index in [1.807, 2.05) is 24.4 Å². The average molecular weight is 477 g/mol. The molecule has 4 aromatic rings. The first-order valence-electron chi connectivity index (χ1n) is 11.0. The maximum Gasteiger partial charge on any atom is 0.494 e. The number of halogens is 1. The van der Waals surface area contributed by atoms with E-state index in [-0.39, 0.29) is 18.3 Å². The fourth-order valence-electron chi connectivity index (χ4n) is 4.13. The van der Waals surface area contributed by atoms with Crippen molar-refractivity contribution in [3.05, 3.63) is 77.7 Å². The molecule has 0 aliphatic carbocycles. The summed E-state index contributed by atoms with van der Waals surface area (Å²) in [6.45, 7) is 10.4. The Kier molecular flexibility index (Phi) is 5.61. The lowest BCUT2D eigenvalue weighted by molar-refractivity contribution is 0.00578. The Morgan fingerprint density at radius 1 is 0.970 bits per heavy atom. The molecule has 1 fully saturated rings. The molecule has 0 atom stereocenters. The van der Waals surface area contributed by atoms with Gasteiger partial charge in [0, 0.05) is 32.1 Å². The van der Waals surface area contributed by atoms with Crippen LogP contribution in [0, 0.1) is 6.92 Å². The minimum absolute atomic E-state index is 0.367. The van der Waals surface area contributed by atoms with Gasteiger partial charge in [0.25, 0.3) is 0 Å². The number of rotatable bonds is 4. The molecule has 3 heterocycles. The van der Waals surface area contributed by atoms with Gasteiger partial charge in [0.15, 0.2) is 0 Å². The fourth-order valence-corrected chi connectivity index (χ4v) is 5.39. The number of hydrogen-bond acceptors (Lipinski definition) is 4. The number of pyridine rings is 1. The minimum atomic E-state index is -0.382. The van der Waals surface area contributed by atoms with Crippen molar-refractivity contribution in [2.45, 2.75) is 55.6 Å². The highest BCUT2D eigenvalue weighted by atomic mass is 35.5. The summed E-state index contributed by atoms with van der Waals surface area (Å²) in [6.07, 6.45) is 3.66. The molecule has 168 valence electrons. The number of nitrogens with zero attached hydrogens (tertiary/aromatic N) is 2. The van der Waals surface area contributed by atoms with Crippen molar-refractivity contribution in [2.24, 2.45) is 0 Å². The van der Waals surface area contributed by atoms with Gasteiger partial charge in [-0.15, -0.1) is 0 Å². The molecule has 33 heavy (non-hydrogen) atoms. The van der Waals surface area contributed by atoms with Crippen LogP contribution in [-0.2, 0) is 9.31 Å². The summed E-state index contributed by atoms with van der Waals surface area (Å²) in [5.74, 6) is 0. The van der Waals surface area contributed by atoms with E-state index in [9.17, 15) is 0 Å². The smallest absolute Gasteiger partial charge is 0.399 e. The van der Waals surface area contributed by atoms with Gasteiger partial charge in [0.1, 0.15) is 0 Å². The zero-order valence-electron chi connectivity index (χ0n) is 19.4. The molecule has 7 heteroatoms. The van der Waals surface area contributed by atoms with E-state index in [2.05, 4.69) is 80.6 Å². The van der Waals surface area contributed by atoms with Gasteiger partial charge in [0.2, 0.25) is 0 Å². The highest BCUT2D eigenvalue weighted by Gasteiger charge is 2.51. The van der Waals surface area contributed by atoms with Gasteiger partial charge >= 0.3 is 7.12 Å². The molecule has 0 N–H and O–H groups in total. The summed E-state index contributed by atoms with van der Waals surface area (Å²) in [7, 11) is -0.382. The van der Waals surface area contributed by atoms with Crippen LogP contribution in [0.1, 0.15) is 33.4 Å². The first-order valence-corrected chi connectivity index (χ1v) is 12.2. The predicted molar refractivity (Wildman–Crippen MR) is 137 cm³/mol. The van der Waals surface area contributed by atoms with Gasteiger partial charge in [-0.05, 0) is 76.5 Å². The summed E-state index contributed by atoms with van der Waals surface area (Å²) < 4.78 is 14.8. The van der Waals surface area contributed by atoms with Crippen molar-refractivity contribution < 1.29 is 9.31 Å². The van der Waals surface area contributed by atoms with Crippen LogP contribution in [0.3, 0.4) is 0 Å². The summed E-state index contributed by atoms with van der Waals surface area (Å²) >= 11 is 8.12. The molecule has 0 radical (unpaired) electrons. The van der Waals surface area contributed by atoms with Gasteiger partial charge in [-0.1, -0.05) is 41.6 Å². The molecule has 0 amide bonds. The van der Waals surface area contributed by atoms with E-state index in [1.54, 1.807) is 18.0 Å². The Balaban J connectivity index is 1.55. The lowest BCUT2D eigenvalue weighted by Gasteiger charge is -2.32. The van der Waals surface area contributed by atoms with E-state index >= 15 is 0 Å². The molecule has 1 saturated heterocycles. The summed E-state index contributed by atoms with van der Waals surface area (Å²) in [5.41, 5.74) is 3.51. The van der Waals surface area contributed by atoms with Crippen LogP contribution in [0.25, 0.3) is 16.6 Å². The first kappa shape index (κ1) is 22.5. The molecule has 2 aromatic carbocycles. The molecule has 0 unspecified atom stereocenters. The third-order valence-corrected chi connectivity index (χ3v) is 8.06. The Morgan fingerprint density at radius 2 is 1.73 bits per heavy atom. The van der Waals surface area contributed by atoms with Gasteiger partial charge in [-0.2, -0.15) is 0 Å². The molecule has 1 aliphatic heterocycles. The summed E-state index contributed by atoms with van der Waals surface area (Å²) in [6, 6.07) is 18.5. The van der Waals surface area contributed by atoms with Crippen LogP contribution in [0.4, 0.5) is 0 Å². The van der Waals surface area contributed by atoms with E-state index in [0.29, 0.717) is 5.02 Å². The third kappa shape index (κ3) is 3.99. The van der Waals surface area contributed by atoms with E-state index in [1.165, 1.54) is 4.90 Å². The molecule has 0 spiro atoms. The summed E-state index contributed by atoms with van der Waals surface area (Å²) in [5, 5.41) is 1.87. The highest BCUT2D eigenvalue weighted by Crippen LogP contribution is 2.41. The second-order valence-electron chi connectivity index (χ2n) is 9.39. The normalized spacial score (nSPS) is 17.1. The molecule has 0 bridgehead atoms. The minimum Gasteiger partial charge on any atom is -0.399 e. The van der Waals surface area contributed by atoms with Crippen LogP contribution in [0.2, 0.25) is 5.02 Å². The van der Waals surface area contributed by atoms with Gasteiger partial charge in [-0.25, -0.2) is 0 Å². The zero-order chi connectivity index (χ0) is 23.4. The third-order valence-electron chi connectivity index (χ3n) is 6.62. The van der Waals surface area contributed by atoms with Crippen molar-refractivity contribution in [1.82, 2.24) is 9.55 Å². The summed E-state index contributed by atoms with van der Waals surface area (Å²) in [4.78, 5) is 6.64. The van der Waals surface area contributed by atoms with Crippen LogP contribution >= 0.6 is 23.4 Å². The SMILES string of the molecule is Cc1c(Sc2cccc(B3OC(C)(C)C(C)(C)O3)c2)c2ccc(Cl)cc2n1-c1cccnc1. The number of aromatic nitrogens is 2. The Hall–Kier alpha value is -2.25. The first-order chi connectivity index (χ1) is 15.7. The van der Waals surface area contributed by atoms with E-state index in [0.717, 1.165) is 32.6 Å². The van der Waals surface area contributed by atoms with Gasteiger partial charge in [-0.3, -0.25) is 4.98 Å². The van der Waals surface area contributed by atoms with Crippen LogP contribution < -0.4 is 5.46 Å². The quantitative estimate of drug-likeness (QED) is 0.318. The highest BCUT2D eigenvalue weighted by molar-refractivity contribution is 7.99. The monoisotopic (exact) mass is 476 g/mol. The second-order valence-corrected chi connectivity index (χ2v) is 10.9. The molecule has 4 nitrogen and oxygen atoms in total. The van der Waals surface area contributed by atoms with Crippen molar-refractivity contribution in [3.8, 4) is 5.69 Å². The lowest BCUT2D eigenvalue weighted by atomic mass is 9.79. The topological polar surface area (TPSA) is 36.3 Å². The van der Waals surface area contributed by atoms with Gasteiger partial charge < -0.3 is 13.9 Å². The zero-order valence-corrected chi connectivity index (χ0v) is 21.0. The standard InChI is InChI=1S/C26H26BClN2O2S/c1-17-24(22-12-11-19(28)15-23(22)30(17)20-9-7-13-29-16-20)33-21-10-6-8-18(14-21)27-31-25(2,3)26(4,5)32-27/h6-16H,1-5H3. The van der Waals surface area contributed by atoms with Crippen molar-refractivity contribution >= 4 is 46.8 Å².